The average molecular weight is 311 g/mol. The minimum absolute atomic E-state index is 0.113. The summed E-state index contributed by atoms with van der Waals surface area (Å²) in [4.78, 5) is 16.7. The number of amides is 1. The Morgan fingerprint density at radius 2 is 2.14 bits per heavy atom. The van der Waals surface area contributed by atoms with Crippen molar-refractivity contribution >= 4 is 38.3 Å². The van der Waals surface area contributed by atoms with Gasteiger partial charge in [-0.2, -0.15) is 0 Å². The van der Waals surface area contributed by atoms with Crippen LogP contribution in [0.5, 0.6) is 0 Å². The molecule has 2 aromatic carbocycles. The van der Waals surface area contributed by atoms with Crippen LogP contribution in [0.1, 0.15) is 28.4 Å². The van der Waals surface area contributed by atoms with Crippen LogP contribution in [-0.4, -0.2) is 10.9 Å². The maximum Gasteiger partial charge on any atom is 0.255 e. The number of aromatic nitrogens is 1. The number of hydrogen-bond acceptors (Lipinski definition) is 4. The van der Waals surface area contributed by atoms with Gasteiger partial charge >= 0.3 is 0 Å². The standard InChI is InChI=1S/C17H17N3OS/c1-3-11-6-4-5-10(2)15(11)20-16(21)12-7-8-13-14(9-12)22-17(18)19-13/h4-9H,3H2,1-2H3,(H2,18,19)(H,20,21). The predicted octanol–water partition coefficient (Wildman–Crippen LogP) is 4.00. The van der Waals surface area contributed by atoms with Gasteiger partial charge in [0.05, 0.1) is 10.2 Å². The van der Waals surface area contributed by atoms with Crippen molar-refractivity contribution in [2.24, 2.45) is 0 Å². The topological polar surface area (TPSA) is 68.0 Å². The van der Waals surface area contributed by atoms with E-state index in [4.69, 9.17) is 5.73 Å². The number of para-hydroxylation sites is 1. The normalized spacial score (nSPS) is 10.8. The zero-order valence-corrected chi connectivity index (χ0v) is 13.3. The lowest BCUT2D eigenvalue weighted by Gasteiger charge is -2.13. The van der Waals surface area contributed by atoms with E-state index >= 15 is 0 Å². The number of carbonyl (C=O) groups excluding carboxylic acids is 1. The fraction of sp³-hybridized carbons (Fsp3) is 0.176. The van der Waals surface area contributed by atoms with Crippen molar-refractivity contribution in [3.05, 3.63) is 53.1 Å². The van der Waals surface area contributed by atoms with E-state index in [1.54, 1.807) is 6.07 Å². The van der Waals surface area contributed by atoms with Crippen molar-refractivity contribution < 1.29 is 4.79 Å². The smallest absolute Gasteiger partial charge is 0.255 e. The summed E-state index contributed by atoms with van der Waals surface area (Å²) in [5.41, 5.74) is 10.2. The molecule has 0 aliphatic rings. The number of hydrogen-bond donors (Lipinski definition) is 2. The lowest BCUT2D eigenvalue weighted by molar-refractivity contribution is 0.102. The zero-order chi connectivity index (χ0) is 15.7. The van der Waals surface area contributed by atoms with Crippen LogP contribution in [0, 0.1) is 6.92 Å². The molecule has 0 radical (unpaired) electrons. The molecule has 0 saturated heterocycles. The van der Waals surface area contributed by atoms with Gasteiger partial charge < -0.3 is 11.1 Å². The zero-order valence-electron chi connectivity index (χ0n) is 12.5. The molecule has 1 aromatic heterocycles. The molecule has 3 rings (SSSR count). The average Bonchev–Trinajstić information content (AvgIpc) is 2.88. The number of rotatable bonds is 3. The van der Waals surface area contributed by atoms with Crippen molar-refractivity contribution in [2.45, 2.75) is 20.3 Å². The Morgan fingerprint density at radius 1 is 1.32 bits per heavy atom. The second-order valence-corrected chi connectivity index (χ2v) is 6.21. The van der Waals surface area contributed by atoms with Gasteiger partial charge in [0, 0.05) is 11.3 Å². The Hall–Kier alpha value is -2.40. The van der Waals surface area contributed by atoms with Crippen LogP contribution in [-0.2, 0) is 6.42 Å². The molecule has 112 valence electrons. The van der Waals surface area contributed by atoms with Gasteiger partial charge in [-0.1, -0.05) is 36.5 Å². The predicted molar refractivity (Wildman–Crippen MR) is 92.5 cm³/mol. The van der Waals surface area contributed by atoms with E-state index in [1.807, 2.05) is 37.3 Å². The van der Waals surface area contributed by atoms with E-state index in [9.17, 15) is 4.79 Å². The second-order valence-electron chi connectivity index (χ2n) is 5.15. The Kier molecular flexibility index (Phi) is 3.81. The Labute approximate surface area is 133 Å². The molecule has 4 nitrogen and oxygen atoms in total. The third-order valence-corrected chi connectivity index (χ3v) is 4.49. The highest BCUT2D eigenvalue weighted by molar-refractivity contribution is 7.22. The molecule has 3 N–H and O–H groups in total. The van der Waals surface area contributed by atoms with Gasteiger partial charge in [0.25, 0.3) is 5.91 Å². The van der Waals surface area contributed by atoms with Gasteiger partial charge in [0.1, 0.15) is 0 Å². The highest BCUT2D eigenvalue weighted by Crippen LogP contribution is 2.26. The quantitative estimate of drug-likeness (QED) is 0.768. The summed E-state index contributed by atoms with van der Waals surface area (Å²) in [6.45, 7) is 4.08. The van der Waals surface area contributed by atoms with E-state index in [1.165, 1.54) is 11.3 Å². The summed E-state index contributed by atoms with van der Waals surface area (Å²) >= 11 is 1.39. The molecule has 22 heavy (non-hydrogen) atoms. The number of benzene rings is 2. The Bertz CT molecular complexity index is 854. The number of nitrogens with two attached hydrogens (primary N) is 1. The van der Waals surface area contributed by atoms with Crippen molar-refractivity contribution in [2.75, 3.05) is 11.1 Å². The molecule has 0 fully saturated rings. The molecule has 0 unspecified atom stereocenters. The fourth-order valence-electron chi connectivity index (χ4n) is 2.47. The lowest BCUT2D eigenvalue weighted by atomic mass is 10.1. The van der Waals surface area contributed by atoms with E-state index in [2.05, 4.69) is 17.2 Å². The number of nitrogen functional groups attached to an aromatic ring is 1. The molecular weight excluding hydrogens is 294 g/mol. The highest BCUT2D eigenvalue weighted by atomic mass is 32.1. The summed E-state index contributed by atoms with van der Waals surface area (Å²) in [5, 5.41) is 3.55. The fourth-order valence-corrected chi connectivity index (χ4v) is 3.24. The number of nitrogens with zero attached hydrogens (tertiary/aromatic N) is 1. The largest absolute Gasteiger partial charge is 0.375 e. The highest BCUT2D eigenvalue weighted by Gasteiger charge is 2.12. The number of carbonyl (C=O) groups is 1. The second kappa shape index (κ2) is 5.77. The van der Waals surface area contributed by atoms with E-state index in [-0.39, 0.29) is 5.91 Å². The third kappa shape index (κ3) is 2.67. The summed E-state index contributed by atoms with van der Waals surface area (Å²) in [7, 11) is 0. The maximum atomic E-state index is 12.5. The number of aryl methyl sites for hydroxylation is 2. The molecule has 0 bridgehead atoms. The maximum absolute atomic E-state index is 12.5. The lowest BCUT2D eigenvalue weighted by Crippen LogP contribution is -2.14. The number of nitrogens with one attached hydrogen (secondary N) is 1. The van der Waals surface area contributed by atoms with Gasteiger partial charge in [-0.15, -0.1) is 0 Å². The van der Waals surface area contributed by atoms with Crippen LogP contribution < -0.4 is 11.1 Å². The number of anilines is 2. The third-order valence-electron chi connectivity index (χ3n) is 3.65. The van der Waals surface area contributed by atoms with Crippen molar-refractivity contribution in [3.8, 4) is 0 Å². The van der Waals surface area contributed by atoms with Crippen molar-refractivity contribution in [1.29, 1.82) is 0 Å². The van der Waals surface area contributed by atoms with Gasteiger partial charge in [-0.3, -0.25) is 4.79 Å². The van der Waals surface area contributed by atoms with Crippen molar-refractivity contribution in [1.82, 2.24) is 4.98 Å². The van der Waals surface area contributed by atoms with E-state index in [0.29, 0.717) is 10.7 Å². The molecule has 5 heteroatoms. The Balaban J connectivity index is 1.93. The first-order chi connectivity index (χ1) is 10.6. The first-order valence-corrected chi connectivity index (χ1v) is 7.96. The molecule has 3 aromatic rings. The van der Waals surface area contributed by atoms with E-state index < -0.39 is 0 Å². The van der Waals surface area contributed by atoms with Gasteiger partial charge in [-0.05, 0) is 42.7 Å². The molecular formula is C17H17N3OS. The molecule has 1 amide bonds. The summed E-state index contributed by atoms with van der Waals surface area (Å²) in [6, 6.07) is 11.5. The van der Waals surface area contributed by atoms with Crippen LogP contribution in [0.3, 0.4) is 0 Å². The minimum Gasteiger partial charge on any atom is -0.375 e. The summed E-state index contributed by atoms with van der Waals surface area (Å²) in [6.07, 6.45) is 0.877. The monoisotopic (exact) mass is 311 g/mol. The van der Waals surface area contributed by atoms with Crippen LogP contribution in [0.25, 0.3) is 10.2 Å². The van der Waals surface area contributed by atoms with Crippen molar-refractivity contribution in [3.63, 3.8) is 0 Å². The van der Waals surface area contributed by atoms with E-state index in [0.717, 1.165) is 33.5 Å². The number of fused-ring (bicyclic) bond motifs is 1. The first kappa shape index (κ1) is 14.5. The van der Waals surface area contributed by atoms with Gasteiger partial charge in [0.2, 0.25) is 0 Å². The van der Waals surface area contributed by atoms with Gasteiger partial charge in [0.15, 0.2) is 5.13 Å². The van der Waals surface area contributed by atoms with Crippen LogP contribution >= 0.6 is 11.3 Å². The molecule has 0 atom stereocenters. The van der Waals surface area contributed by atoms with Crippen LogP contribution in [0.15, 0.2) is 36.4 Å². The minimum atomic E-state index is -0.113. The first-order valence-electron chi connectivity index (χ1n) is 7.14. The SMILES string of the molecule is CCc1cccc(C)c1NC(=O)c1ccc2nc(N)sc2c1. The number of thiazole rings is 1. The summed E-state index contributed by atoms with van der Waals surface area (Å²) in [5.74, 6) is -0.113. The van der Waals surface area contributed by atoms with Crippen LogP contribution in [0.2, 0.25) is 0 Å². The van der Waals surface area contributed by atoms with Gasteiger partial charge in [-0.25, -0.2) is 4.98 Å². The molecule has 1 heterocycles. The Morgan fingerprint density at radius 3 is 2.91 bits per heavy atom. The molecule has 0 aliphatic carbocycles. The molecule has 0 saturated carbocycles. The molecule has 0 aliphatic heterocycles. The van der Waals surface area contributed by atoms with Crippen LogP contribution in [0.4, 0.5) is 10.8 Å². The summed E-state index contributed by atoms with van der Waals surface area (Å²) < 4.78 is 0.922. The molecule has 0 spiro atoms.